The summed E-state index contributed by atoms with van der Waals surface area (Å²) in [6, 6.07) is 16.7. The van der Waals surface area contributed by atoms with Gasteiger partial charge in [0.2, 0.25) is 0 Å². The molecule has 1 unspecified atom stereocenters. The van der Waals surface area contributed by atoms with E-state index in [4.69, 9.17) is 0 Å². The third kappa shape index (κ3) is 5.22. The number of hydrogen-bond donors (Lipinski definition) is 0. The Morgan fingerprint density at radius 2 is 1.73 bits per heavy atom. The quantitative estimate of drug-likeness (QED) is 0.343. The number of piperidine rings is 1. The molecule has 0 radical (unpaired) electrons. The molecule has 0 amide bonds. The second-order valence-corrected chi connectivity index (χ2v) is 10.6. The molecule has 5 rings (SSSR count). The molecule has 5 nitrogen and oxygen atoms in total. The first-order valence-corrected chi connectivity index (χ1v) is 13.1. The Balaban J connectivity index is 1.36. The molecule has 172 valence electrons. The summed E-state index contributed by atoms with van der Waals surface area (Å²) in [5.41, 5.74) is 4.78. The summed E-state index contributed by atoms with van der Waals surface area (Å²) < 4.78 is 2.21. The van der Waals surface area contributed by atoms with E-state index in [-0.39, 0.29) is 11.0 Å². The molecule has 1 fully saturated rings. The van der Waals surface area contributed by atoms with Crippen LogP contribution in [0, 0.1) is 0 Å². The number of ketones is 1. The third-order valence-electron chi connectivity index (χ3n) is 6.83. The molecule has 1 aliphatic carbocycles. The molecule has 2 aromatic carbocycles. The number of Topliss-reactive ketones (excluding diaryl/α,β-unsaturated/α-hetero) is 1. The van der Waals surface area contributed by atoms with Gasteiger partial charge in [0.1, 0.15) is 5.82 Å². The van der Waals surface area contributed by atoms with E-state index in [2.05, 4.69) is 56.1 Å². The number of fused-ring (bicyclic) bond motifs is 1. The van der Waals surface area contributed by atoms with Crippen molar-refractivity contribution >= 4 is 17.5 Å². The van der Waals surface area contributed by atoms with Crippen molar-refractivity contribution in [3.63, 3.8) is 0 Å². The van der Waals surface area contributed by atoms with Gasteiger partial charge in [0, 0.05) is 5.56 Å². The number of aryl methyl sites for hydroxylation is 2. The number of carbonyl (C=O) groups excluding carboxylic acids is 1. The van der Waals surface area contributed by atoms with Crippen LogP contribution in [0.4, 0.5) is 0 Å². The van der Waals surface area contributed by atoms with Gasteiger partial charge in [-0.25, -0.2) is 0 Å². The van der Waals surface area contributed by atoms with Crippen LogP contribution in [0.1, 0.15) is 65.5 Å². The topological polar surface area (TPSA) is 51.0 Å². The van der Waals surface area contributed by atoms with E-state index in [1.807, 2.05) is 19.1 Å². The number of benzene rings is 2. The van der Waals surface area contributed by atoms with Crippen molar-refractivity contribution in [2.75, 3.05) is 13.1 Å². The Bertz CT molecular complexity index is 1100. The van der Waals surface area contributed by atoms with Crippen molar-refractivity contribution in [1.82, 2.24) is 19.7 Å². The number of aromatic nitrogens is 3. The zero-order valence-corrected chi connectivity index (χ0v) is 20.2. The molecular weight excluding hydrogens is 428 g/mol. The minimum atomic E-state index is -0.217. The van der Waals surface area contributed by atoms with E-state index >= 15 is 0 Å². The summed E-state index contributed by atoms with van der Waals surface area (Å²) in [6.07, 6.45) is 7.23. The normalized spacial score (nSPS) is 17.1. The summed E-state index contributed by atoms with van der Waals surface area (Å²) in [7, 11) is 0. The molecule has 0 spiro atoms. The van der Waals surface area contributed by atoms with E-state index in [0.717, 1.165) is 55.6 Å². The predicted molar refractivity (Wildman–Crippen MR) is 133 cm³/mol. The van der Waals surface area contributed by atoms with Crippen LogP contribution < -0.4 is 0 Å². The average molecular weight is 461 g/mol. The summed E-state index contributed by atoms with van der Waals surface area (Å²) in [6.45, 7) is 5.76. The van der Waals surface area contributed by atoms with E-state index < -0.39 is 0 Å². The standard InChI is InChI=1S/C27H32N4OS/c1-20(26(32)24-14-13-22-11-8-12-23(22)17-24)33-27-29-28-25(19-30-15-6-3-7-16-30)31(27)18-21-9-4-2-5-10-21/h2,4-5,9-10,13-14,17,20H,3,6-8,11-12,15-16,18-19H2,1H3. The lowest BCUT2D eigenvalue weighted by Crippen LogP contribution is -2.30. The molecule has 0 bridgehead atoms. The fraction of sp³-hybridized carbons (Fsp3) is 0.444. The largest absolute Gasteiger partial charge is 0.300 e. The van der Waals surface area contributed by atoms with Gasteiger partial charge in [-0.15, -0.1) is 10.2 Å². The van der Waals surface area contributed by atoms with Crippen molar-refractivity contribution in [3.8, 4) is 0 Å². The van der Waals surface area contributed by atoms with Gasteiger partial charge in [0.25, 0.3) is 0 Å². The molecule has 2 aliphatic rings. The van der Waals surface area contributed by atoms with Crippen LogP contribution in [0.2, 0.25) is 0 Å². The molecule has 1 aromatic heterocycles. The molecule has 1 aliphatic heterocycles. The van der Waals surface area contributed by atoms with Crippen LogP contribution in [-0.2, 0) is 25.9 Å². The Morgan fingerprint density at radius 1 is 0.939 bits per heavy atom. The lowest BCUT2D eigenvalue weighted by Gasteiger charge is -2.26. The molecule has 0 N–H and O–H groups in total. The van der Waals surface area contributed by atoms with Gasteiger partial charge >= 0.3 is 0 Å². The zero-order chi connectivity index (χ0) is 22.6. The van der Waals surface area contributed by atoms with Gasteiger partial charge in [0.05, 0.1) is 18.3 Å². The first kappa shape index (κ1) is 22.4. The van der Waals surface area contributed by atoms with Gasteiger partial charge in [-0.2, -0.15) is 0 Å². The lowest BCUT2D eigenvalue weighted by molar-refractivity contribution is 0.0993. The Labute approximate surface area is 200 Å². The first-order chi connectivity index (χ1) is 16.2. The third-order valence-corrected chi connectivity index (χ3v) is 7.91. The van der Waals surface area contributed by atoms with Crippen LogP contribution >= 0.6 is 11.8 Å². The van der Waals surface area contributed by atoms with E-state index in [9.17, 15) is 4.79 Å². The number of likely N-dealkylation sites (tertiary alicyclic amines) is 1. The van der Waals surface area contributed by atoms with Gasteiger partial charge in [-0.3, -0.25) is 9.69 Å². The number of carbonyl (C=O) groups is 1. The van der Waals surface area contributed by atoms with E-state index in [0.29, 0.717) is 0 Å². The lowest BCUT2D eigenvalue weighted by atomic mass is 10.0. The molecule has 2 heterocycles. The Kier molecular flexibility index (Phi) is 6.93. The van der Waals surface area contributed by atoms with Gasteiger partial charge in [-0.1, -0.05) is 60.6 Å². The summed E-state index contributed by atoms with van der Waals surface area (Å²) in [5, 5.41) is 9.74. The Morgan fingerprint density at radius 3 is 2.55 bits per heavy atom. The second-order valence-electron chi connectivity index (χ2n) is 9.27. The van der Waals surface area contributed by atoms with Crippen LogP contribution in [0.15, 0.2) is 53.7 Å². The predicted octanol–water partition coefficient (Wildman–Crippen LogP) is 5.16. The number of hydrogen-bond acceptors (Lipinski definition) is 5. The number of rotatable bonds is 8. The highest BCUT2D eigenvalue weighted by Crippen LogP contribution is 2.29. The van der Waals surface area contributed by atoms with Crippen LogP contribution in [-0.4, -0.2) is 43.8 Å². The monoisotopic (exact) mass is 460 g/mol. The molecular formula is C27H32N4OS. The highest BCUT2D eigenvalue weighted by molar-refractivity contribution is 8.00. The Hall–Kier alpha value is -2.44. The van der Waals surface area contributed by atoms with Crippen molar-refractivity contribution < 1.29 is 4.79 Å². The number of thioether (sulfide) groups is 1. The summed E-state index contributed by atoms with van der Waals surface area (Å²) in [5.74, 6) is 1.15. The van der Waals surface area contributed by atoms with Crippen molar-refractivity contribution in [1.29, 1.82) is 0 Å². The summed E-state index contributed by atoms with van der Waals surface area (Å²) in [4.78, 5) is 15.7. The van der Waals surface area contributed by atoms with Gasteiger partial charge < -0.3 is 4.57 Å². The SMILES string of the molecule is CC(Sc1nnc(CN2CCCCC2)n1Cc1ccccc1)C(=O)c1ccc2c(c1)CCC2. The van der Waals surface area contributed by atoms with Crippen molar-refractivity contribution in [3.05, 3.63) is 76.6 Å². The molecule has 3 aromatic rings. The minimum absolute atomic E-state index is 0.168. The van der Waals surface area contributed by atoms with Crippen LogP contribution in [0.3, 0.4) is 0 Å². The minimum Gasteiger partial charge on any atom is -0.300 e. The van der Waals surface area contributed by atoms with Crippen LogP contribution in [0.25, 0.3) is 0 Å². The average Bonchev–Trinajstić information content (AvgIpc) is 3.47. The van der Waals surface area contributed by atoms with E-state index in [1.54, 1.807) is 0 Å². The first-order valence-electron chi connectivity index (χ1n) is 12.2. The zero-order valence-electron chi connectivity index (χ0n) is 19.4. The van der Waals surface area contributed by atoms with Gasteiger partial charge in [0.15, 0.2) is 10.9 Å². The smallest absolute Gasteiger partial charge is 0.192 e. The van der Waals surface area contributed by atoms with Gasteiger partial charge in [-0.05, 0) is 74.9 Å². The summed E-state index contributed by atoms with van der Waals surface area (Å²) >= 11 is 1.53. The number of nitrogens with zero attached hydrogens (tertiary/aromatic N) is 4. The molecule has 33 heavy (non-hydrogen) atoms. The molecule has 1 saturated heterocycles. The van der Waals surface area contributed by atoms with E-state index in [1.165, 1.54) is 54.1 Å². The maximum absolute atomic E-state index is 13.3. The second kappa shape index (κ2) is 10.2. The maximum Gasteiger partial charge on any atom is 0.192 e. The van der Waals surface area contributed by atoms with Crippen molar-refractivity contribution in [2.45, 2.75) is 68.9 Å². The highest BCUT2D eigenvalue weighted by Gasteiger charge is 2.24. The fourth-order valence-corrected chi connectivity index (χ4v) is 5.88. The maximum atomic E-state index is 13.3. The van der Waals surface area contributed by atoms with Crippen LogP contribution in [0.5, 0.6) is 0 Å². The molecule has 0 saturated carbocycles. The van der Waals surface area contributed by atoms with Crippen molar-refractivity contribution in [2.24, 2.45) is 0 Å². The molecule has 6 heteroatoms. The highest BCUT2D eigenvalue weighted by atomic mass is 32.2. The molecule has 1 atom stereocenters. The fourth-order valence-electron chi connectivity index (χ4n) is 4.94.